The van der Waals surface area contributed by atoms with E-state index >= 15 is 0 Å². The molecule has 1 heterocycles. The molecule has 0 saturated heterocycles. The van der Waals surface area contributed by atoms with Crippen LogP contribution in [-0.4, -0.2) is 28.4 Å². The van der Waals surface area contributed by atoms with E-state index in [1.807, 2.05) is 0 Å². The predicted octanol–water partition coefficient (Wildman–Crippen LogP) is 3.24. The van der Waals surface area contributed by atoms with Gasteiger partial charge in [-0.2, -0.15) is 0 Å². The number of nitrogen functional groups attached to an aromatic ring is 1. The number of thiazole rings is 1. The maximum atomic E-state index is 13.0. The number of rotatable bonds is 6. The van der Waals surface area contributed by atoms with Crippen molar-refractivity contribution in [3.8, 4) is 11.3 Å². The fraction of sp³-hybridized carbons (Fsp3) is 0.0556. The largest absolute Gasteiger partial charge is 0.452 e. The molecule has 3 rings (SSSR count). The van der Waals surface area contributed by atoms with Crippen molar-refractivity contribution in [3.63, 3.8) is 0 Å². The van der Waals surface area contributed by atoms with Gasteiger partial charge in [0.2, 0.25) is 0 Å². The van der Waals surface area contributed by atoms with E-state index in [4.69, 9.17) is 10.5 Å². The summed E-state index contributed by atoms with van der Waals surface area (Å²) >= 11 is 1.15. The fourth-order valence-electron chi connectivity index (χ4n) is 2.28. The first-order chi connectivity index (χ1) is 13.8. The van der Waals surface area contributed by atoms with E-state index in [0.29, 0.717) is 11.3 Å². The van der Waals surface area contributed by atoms with Crippen molar-refractivity contribution in [3.05, 3.63) is 69.3 Å². The lowest BCUT2D eigenvalue weighted by atomic mass is 10.2. The van der Waals surface area contributed by atoms with E-state index in [2.05, 4.69) is 10.3 Å². The summed E-state index contributed by atoms with van der Waals surface area (Å²) in [5.41, 5.74) is 6.07. The van der Waals surface area contributed by atoms with Crippen LogP contribution >= 0.6 is 11.3 Å². The number of hydrogen-bond acceptors (Lipinski definition) is 8. The van der Waals surface area contributed by atoms with Crippen molar-refractivity contribution in [2.24, 2.45) is 0 Å². The second kappa shape index (κ2) is 8.44. The van der Waals surface area contributed by atoms with Crippen LogP contribution in [0.4, 0.5) is 20.9 Å². The summed E-state index contributed by atoms with van der Waals surface area (Å²) in [4.78, 5) is 38.3. The van der Waals surface area contributed by atoms with Gasteiger partial charge in [0.1, 0.15) is 11.5 Å². The Labute approximate surface area is 167 Å². The second-order valence-corrected chi connectivity index (χ2v) is 6.56. The Morgan fingerprint density at radius 2 is 1.97 bits per heavy atom. The smallest absolute Gasteiger partial charge is 0.338 e. The van der Waals surface area contributed by atoms with Crippen molar-refractivity contribution < 1.29 is 23.6 Å². The summed E-state index contributed by atoms with van der Waals surface area (Å²) in [6, 6.07) is 9.17. The maximum Gasteiger partial charge on any atom is 0.338 e. The van der Waals surface area contributed by atoms with E-state index in [9.17, 15) is 24.1 Å². The predicted molar refractivity (Wildman–Crippen MR) is 104 cm³/mol. The van der Waals surface area contributed by atoms with Crippen LogP contribution in [0.2, 0.25) is 0 Å². The SMILES string of the molecule is Nc1ccc(C(=O)OCC(=O)Nc2nc(-c3ccc(F)cc3)cs2)cc1[N+](=O)[O-]. The molecule has 0 aliphatic rings. The van der Waals surface area contributed by atoms with Crippen molar-refractivity contribution in [2.45, 2.75) is 0 Å². The standard InChI is InChI=1S/C18H13FN4O5S/c19-12-4-1-10(2-5-12)14-9-29-18(21-14)22-16(24)8-28-17(25)11-3-6-13(20)15(7-11)23(26)27/h1-7,9H,8,20H2,(H,21,22,24). The second-order valence-electron chi connectivity index (χ2n) is 5.70. The number of nitro groups is 1. The number of carbonyl (C=O) groups excluding carboxylic acids is 2. The Balaban J connectivity index is 1.58. The highest BCUT2D eigenvalue weighted by molar-refractivity contribution is 7.14. The summed E-state index contributed by atoms with van der Waals surface area (Å²) in [6.45, 7) is -0.609. The maximum absolute atomic E-state index is 13.0. The molecule has 0 aliphatic carbocycles. The summed E-state index contributed by atoms with van der Waals surface area (Å²) in [7, 11) is 0. The van der Waals surface area contributed by atoms with Crippen LogP contribution in [0.5, 0.6) is 0 Å². The fourth-order valence-corrected chi connectivity index (χ4v) is 3.02. The van der Waals surface area contributed by atoms with Crippen LogP contribution in [0.1, 0.15) is 10.4 Å². The average molecular weight is 416 g/mol. The van der Waals surface area contributed by atoms with E-state index in [1.165, 1.54) is 24.3 Å². The van der Waals surface area contributed by atoms with Gasteiger partial charge < -0.3 is 10.5 Å². The third-order valence-electron chi connectivity index (χ3n) is 3.69. The lowest BCUT2D eigenvalue weighted by Gasteiger charge is -2.05. The van der Waals surface area contributed by atoms with Crippen LogP contribution in [0.25, 0.3) is 11.3 Å². The van der Waals surface area contributed by atoms with Gasteiger partial charge in [0.15, 0.2) is 11.7 Å². The first-order valence-corrected chi connectivity index (χ1v) is 8.94. The highest BCUT2D eigenvalue weighted by Gasteiger charge is 2.18. The number of hydrogen-bond donors (Lipinski definition) is 2. The highest BCUT2D eigenvalue weighted by Crippen LogP contribution is 2.25. The zero-order chi connectivity index (χ0) is 21.0. The number of aromatic nitrogens is 1. The molecule has 0 radical (unpaired) electrons. The number of carbonyl (C=O) groups is 2. The monoisotopic (exact) mass is 416 g/mol. The van der Waals surface area contributed by atoms with E-state index in [0.717, 1.165) is 17.4 Å². The Kier molecular flexibility index (Phi) is 5.79. The number of nitrogens with one attached hydrogen (secondary N) is 1. The summed E-state index contributed by atoms with van der Waals surface area (Å²) in [5.74, 6) is -1.91. The van der Waals surface area contributed by atoms with Crippen molar-refractivity contribution in [1.29, 1.82) is 0 Å². The third kappa shape index (κ3) is 4.90. The van der Waals surface area contributed by atoms with Gasteiger partial charge in [0, 0.05) is 17.0 Å². The molecule has 9 nitrogen and oxygen atoms in total. The van der Waals surface area contributed by atoms with Crippen LogP contribution < -0.4 is 11.1 Å². The zero-order valence-electron chi connectivity index (χ0n) is 14.6. The van der Waals surface area contributed by atoms with E-state index < -0.39 is 29.1 Å². The van der Waals surface area contributed by atoms with Gasteiger partial charge in [-0.15, -0.1) is 11.3 Å². The van der Waals surface area contributed by atoms with Gasteiger partial charge in [0.05, 0.1) is 16.2 Å². The number of ether oxygens (including phenoxy) is 1. The quantitative estimate of drug-likeness (QED) is 0.272. The number of nitrogens with two attached hydrogens (primary N) is 1. The van der Waals surface area contributed by atoms with Gasteiger partial charge >= 0.3 is 5.97 Å². The Bertz CT molecular complexity index is 1080. The number of halogens is 1. The first kappa shape index (κ1) is 19.9. The molecule has 1 amide bonds. The number of anilines is 2. The van der Waals surface area contributed by atoms with Crippen molar-refractivity contribution in [2.75, 3.05) is 17.7 Å². The minimum absolute atomic E-state index is 0.0926. The average Bonchev–Trinajstić information content (AvgIpc) is 3.15. The number of amides is 1. The van der Waals surface area contributed by atoms with Gasteiger partial charge in [-0.05, 0) is 36.4 Å². The molecule has 0 aliphatic heterocycles. The van der Waals surface area contributed by atoms with Gasteiger partial charge in [-0.25, -0.2) is 14.2 Å². The normalized spacial score (nSPS) is 10.4. The molecule has 148 valence electrons. The molecule has 0 spiro atoms. The Hall–Kier alpha value is -3.86. The first-order valence-electron chi connectivity index (χ1n) is 8.06. The molecular formula is C18H13FN4O5S. The summed E-state index contributed by atoms with van der Waals surface area (Å²) in [6.07, 6.45) is 0. The highest BCUT2D eigenvalue weighted by atomic mass is 32.1. The van der Waals surface area contributed by atoms with Crippen LogP contribution in [-0.2, 0) is 9.53 Å². The van der Waals surface area contributed by atoms with E-state index in [-0.39, 0.29) is 22.2 Å². The minimum atomic E-state index is -0.908. The molecule has 0 unspecified atom stereocenters. The molecule has 11 heteroatoms. The molecule has 1 aromatic heterocycles. The molecular weight excluding hydrogens is 403 g/mol. The Morgan fingerprint density at radius 1 is 1.24 bits per heavy atom. The zero-order valence-corrected chi connectivity index (χ0v) is 15.4. The van der Waals surface area contributed by atoms with Gasteiger partial charge in [0.25, 0.3) is 11.6 Å². The molecule has 3 aromatic rings. The van der Waals surface area contributed by atoms with Crippen LogP contribution in [0.15, 0.2) is 47.8 Å². The van der Waals surface area contributed by atoms with E-state index in [1.54, 1.807) is 17.5 Å². The van der Waals surface area contributed by atoms with Crippen LogP contribution in [0.3, 0.4) is 0 Å². The number of esters is 1. The molecule has 0 saturated carbocycles. The molecule has 3 N–H and O–H groups in total. The molecule has 0 bridgehead atoms. The topological polar surface area (TPSA) is 137 Å². The molecule has 0 atom stereocenters. The Morgan fingerprint density at radius 3 is 2.66 bits per heavy atom. The number of nitro benzene ring substituents is 1. The van der Waals surface area contributed by atoms with Crippen LogP contribution in [0, 0.1) is 15.9 Å². The minimum Gasteiger partial charge on any atom is -0.452 e. The van der Waals surface area contributed by atoms with Gasteiger partial charge in [-0.3, -0.25) is 20.2 Å². The molecule has 29 heavy (non-hydrogen) atoms. The number of nitrogens with zero attached hydrogens (tertiary/aromatic N) is 2. The van der Waals surface area contributed by atoms with Crippen molar-refractivity contribution in [1.82, 2.24) is 4.98 Å². The number of benzene rings is 2. The molecule has 0 fully saturated rings. The summed E-state index contributed by atoms with van der Waals surface area (Å²) in [5, 5.41) is 15.3. The lowest BCUT2D eigenvalue weighted by Crippen LogP contribution is -2.21. The third-order valence-corrected chi connectivity index (χ3v) is 4.45. The lowest BCUT2D eigenvalue weighted by molar-refractivity contribution is -0.383. The molecule has 2 aromatic carbocycles. The van der Waals surface area contributed by atoms with Gasteiger partial charge in [-0.1, -0.05) is 0 Å². The van der Waals surface area contributed by atoms with Crippen molar-refractivity contribution >= 4 is 39.7 Å². The summed E-state index contributed by atoms with van der Waals surface area (Å²) < 4.78 is 17.8.